The van der Waals surface area contributed by atoms with Gasteiger partial charge in [-0.2, -0.15) is 0 Å². The van der Waals surface area contributed by atoms with E-state index in [1.54, 1.807) is 11.5 Å². The second-order valence-corrected chi connectivity index (χ2v) is 6.78. The summed E-state index contributed by atoms with van der Waals surface area (Å²) in [6.07, 6.45) is 2.89. The van der Waals surface area contributed by atoms with E-state index in [4.69, 9.17) is 4.74 Å². The number of esters is 1. The van der Waals surface area contributed by atoms with Gasteiger partial charge in [0.15, 0.2) is 0 Å². The van der Waals surface area contributed by atoms with E-state index in [1.807, 2.05) is 0 Å². The van der Waals surface area contributed by atoms with Gasteiger partial charge in [0.05, 0.1) is 25.3 Å². The molecule has 150 valence electrons. The smallest absolute Gasteiger partial charge is 0.343 e. The highest BCUT2D eigenvalue weighted by Gasteiger charge is 2.42. The molecule has 0 bridgehead atoms. The molecule has 3 rings (SSSR count). The average molecular weight is 393 g/mol. The Hall–Kier alpha value is -2.78. The van der Waals surface area contributed by atoms with Crippen LogP contribution in [0.15, 0.2) is 23.1 Å². The molecule has 0 unspecified atom stereocenters. The molecule has 1 aromatic carbocycles. The van der Waals surface area contributed by atoms with Gasteiger partial charge in [-0.3, -0.25) is 9.59 Å². The Morgan fingerprint density at radius 2 is 1.93 bits per heavy atom. The van der Waals surface area contributed by atoms with Crippen LogP contribution in [0, 0.1) is 5.82 Å². The summed E-state index contributed by atoms with van der Waals surface area (Å²) in [5.41, 5.74) is -3.44. The number of ether oxygens (including phenoxy) is 1. The second-order valence-electron chi connectivity index (χ2n) is 6.78. The van der Waals surface area contributed by atoms with Crippen molar-refractivity contribution < 1.29 is 34.0 Å². The summed E-state index contributed by atoms with van der Waals surface area (Å²) in [5.74, 6) is -3.49. The van der Waals surface area contributed by atoms with E-state index in [2.05, 4.69) is 0 Å². The van der Waals surface area contributed by atoms with Crippen LogP contribution in [0.2, 0.25) is 0 Å². The van der Waals surface area contributed by atoms with Crippen molar-refractivity contribution >= 4 is 22.8 Å². The van der Waals surface area contributed by atoms with Gasteiger partial charge in [0.2, 0.25) is 5.43 Å². The largest absolute Gasteiger partial charge is 0.480 e. The lowest BCUT2D eigenvalue weighted by Crippen LogP contribution is -2.44. The molecule has 1 heterocycles. The second kappa shape index (κ2) is 7.33. The number of carbonyl (C=O) groups excluding carboxylic acids is 1. The number of nitrogens with zero attached hydrogens (tertiary/aromatic N) is 1. The minimum atomic E-state index is -2.26. The van der Waals surface area contributed by atoms with Gasteiger partial charge < -0.3 is 24.6 Å². The molecule has 0 atom stereocenters. The number of hydrogen-bond donors (Lipinski definition) is 3. The zero-order valence-electron chi connectivity index (χ0n) is 15.1. The molecule has 1 aliphatic rings. The van der Waals surface area contributed by atoms with Crippen molar-refractivity contribution in [1.29, 1.82) is 0 Å². The van der Waals surface area contributed by atoms with E-state index in [0.29, 0.717) is 0 Å². The van der Waals surface area contributed by atoms with E-state index >= 15 is 0 Å². The molecule has 3 N–H and O–H groups in total. The van der Waals surface area contributed by atoms with Crippen molar-refractivity contribution in [2.45, 2.75) is 31.2 Å². The summed E-state index contributed by atoms with van der Waals surface area (Å²) >= 11 is 0. The van der Waals surface area contributed by atoms with Crippen molar-refractivity contribution in [3.63, 3.8) is 0 Å². The van der Waals surface area contributed by atoms with Crippen molar-refractivity contribution in [2.24, 2.45) is 0 Å². The molecule has 1 fully saturated rings. The quantitative estimate of drug-likeness (QED) is 0.598. The number of rotatable bonds is 7. The number of aliphatic hydroxyl groups is 2. The lowest BCUT2D eigenvalue weighted by atomic mass is 9.81. The third-order valence-electron chi connectivity index (χ3n) is 5.02. The van der Waals surface area contributed by atoms with Crippen molar-refractivity contribution in [2.75, 3.05) is 19.8 Å². The predicted octanol–water partition coefficient (Wildman–Crippen LogP) is 0.959. The van der Waals surface area contributed by atoms with Gasteiger partial charge in [-0.1, -0.05) is 0 Å². The number of halogens is 1. The summed E-state index contributed by atoms with van der Waals surface area (Å²) in [6.45, 7) is -0.396. The molecule has 1 aliphatic carbocycles. The third kappa shape index (κ3) is 3.06. The zero-order chi connectivity index (χ0) is 20.6. The summed E-state index contributed by atoms with van der Waals surface area (Å²) < 4.78 is 21.3. The molecule has 28 heavy (non-hydrogen) atoms. The van der Waals surface area contributed by atoms with Crippen LogP contribution < -0.4 is 5.43 Å². The van der Waals surface area contributed by atoms with E-state index in [0.717, 1.165) is 25.0 Å². The first-order valence-corrected chi connectivity index (χ1v) is 8.81. The number of fused-ring (bicyclic) bond motifs is 1. The molecule has 0 spiro atoms. The maximum Gasteiger partial charge on any atom is 0.343 e. The van der Waals surface area contributed by atoms with Crippen LogP contribution in [0.5, 0.6) is 0 Å². The molecule has 9 heteroatoms. The topological polar surface area (TPSA) is 126 Å². The highest BCUT2D eigenvalue weighted by molar-refractivity contribution is 5.94. The summed E-state index contributed by atoms with van der Waals surface area (Å²) in [4.78, 5) is 36.5. The summed E-state index contributed by atoms with van der Waals surface area (Å²) in [7, 11) is 0. The van der Waals surface area contributed by atoms with Gasteiger partial charge in [-0.15, -0.1) is 0 Å². The number of aliphatic hydroxyl groups excluding tert-OH is 2. The number of aromatic nitrogens is 1. The average Bonchev–Trinajstić information content (AvgIpc) is 3.49. The van der Waals surface area contributed by atoms with E-state index in [1.165, 1.54) is 6.20 Å². The molecule has 2 aromatic rings. The number of carboxylic acids is 1. The molecular formula is C19H20FNO7. The first-order valence-electron chi connectivity index (χ1n) is 8.81. The highest BCUT2D eigenvalue weighted by Crippen LogP contribution is 2.38. The molecule has 8 nitrogen and oxygen atoms in total. The van der Waals surface area contributed by atoms with Gasteiger partial charge in [0.1, 0.15) is 16.8 Å². The SMILES string of the molecule is CCOC(=O)c1cn(C2CC2)c2cc(C(CO)(CO)C(=O)O)c(F)cc2c1=O. The van der Waals surface area contributed by atoms with Crippen LogP contribution in [0.4, 0.5) is 4.39 Å². The van der Waals surface area contributed by atoms with Gasteiger partial charge in [-0.05, 0) is 31.9 Å². The first kappa shape index (κ1) is 20.0. The minimum absolute atomic E-state index is 0.0305. The summed E-state index contributed by atoms with van der Waals surface area (Å²) in [6, 6.07) is 1.97. The lowest BCUT2D eigenvalue weighted by Gasteiger charge is -2.26. The molecule has 1 saturated carbocycles. The third-order valence-corrected chi connectivity index (χ3v) is 5.02. The Kier molecular flexibility index (Phi) is 5.22. The molecule has 0 amide bonds. The normalized spacial score (nSPS) is 14.3. The molecule has 0 saturated heterocycles. The molecular weight excluding hydrogens is 373 g/mol. The monoisotopic (exact) mass is 393 g/mol. The van der Waals surface area contributed by atoms with Gasteiger partial charge in [0.25, 0.3) is 0 Å². The van der Waals surface area contributed by atoms with Crippen molar-refractivity contribution in [3.05, 3.63) is 45.5 Å². The van der Waals surface area contributed by atoms with E-state index in [-0.39, 0.29) is 29.1 Å². The Balaban J connectivity index is 2.34. The lowest BCUT2D eigenvalue weighted by molar-refractivity contribution is -0.147. The van der Waals surface area contributed by atoms with Gasteiger partial charge >= 0.3 is 11.9 Å². The van der Waals surface area contributed by atoms with Crippen molar-refractivity contribution in [1.82, 2.24) is 4.57 Å². The number of benzene rings is 1. The van der Waals surface area contributed by atoms with E-state index < -0.39 is 47.4 Å². The Morgan fingerprint density at radius 1 is 1.29 bits per heavy atom. The number of aliphatic carboxylic acids is 1. The molecule has 1 aromatic heterocycles. The predicted molar refractivity (Wildman–Crippen MR) is 95.9 cm³/mol. The van der Waals surface area contributed by atoms with E-state index in [9.17, 15) is 34.1 Å². The van der Waals surface area contributed by atoms with Crippen LogP contribution in [0.25, 0.3) is 10.9 Å². The first-order chi connectivity index (χ1) is 13.3. The molecule has 0 aliphatic heterocycles. The number of hydrogen-bond acceptors (Lipinski definition) is 6. The Labute approximate surface area is 158 Å². The Morgan fingerprint density at radius 3 is 2.43 bits per heavy atom. The van der Waals surface area contributed by atoms with Gasteiger partial charge in [0, 0.05) is 23.2 Å². The van der Waals surface area contributed by atoms with Crippen LogP contribution in [-0.2, 0) is 14.9 Å². The summed E-state index contributed by atoms with van der Waals surface area (Å²) in [5, 5.41) is 28.5. The number of carbonyl (C=O) groups is 2. The van der Waals surface area contributed by atoms with Gasteiger partial charge in [-0.25, -0.2) is 9.18 Å². The standard InChI is InChI=1S/C19H20FNO7/c1-2-28-17(25)12-7-21(10-3-4-10)15-6-13(14(20)5-11(15)16(12)24)19(8-22,9-23)18(26)27/h5-7,10,22-23H,2-4,8-9H2,1H3,(H,26,27). The van der Waals surface area contributed by atoms with Crippen LogP contribution in [0.1, 0.15) is 41.7 Å². The fraction of sp³-hybridized carbons (Fsp3) is 0.421. The minimum Gasteiger partial charge on any atom is -0.480 e. The maximum atomic E-state index is 14.8. The number of carboxylic acid groups (broad SMARTS) is 1. The number of pyridine rings is 1. The van der Waals surface area contributed by atoms with Crippen LogP contribution in [-0.4, -0.2) is 51.6 Å². The highest BCUT2D eigenvalue weighted by atomic mass is 19.1. The van der Waals surface area contributed by atoms with Crippen molar-refractivity contribution in [3.8, 4) is 0 Å². The molecule has 0 radical (unpaired) electrons. The van der Waals surface area contributed by atoms with Crippen LogP contribution in [0.3, 0.4) is 0 Å². The fourth-order valence-electron chi connectivity index (χ4n) is 3.22. The van der Waals surface area contributed by atoms with Crippen LogP contribution >= 0.6 is 0 Å². The fourth-order valence-corrected chi connectivity index (χ4v) is 3.22. The maximum absolute atomic E-state index is 14.8. The Bertz CT molecular complexity index is 1010. The zero-order valence-corrected chi connectivity index (χ0v) is 15.1.